The summed E-state index contributed by atoms with van der Waals surface area (Å²) in [7, 11) is 0. The minimum Gasteiger partial charge on any atom is -0.486 e. The molecule has 0 spiro atoms. The van der Waals surface area contributed by atoms with E-state index in [1.165, 1.54) is 6.42 Å². The van der Waals surface area contributed by atoms with Crippen molar-refractivity contribution in [3.8, 4) is 11.5 Å². The maximum absolute atomic E-state index is 12.9. The molecule has 1 aliphatic carbocycles. The van der Waals surface area contributed by atoms with Gasteiger partial charge in [-0.1, -0.05) is 24.4 Å². The maximum Gasteiger partial charge on any atom is 0.227 e. The van der Waals surface area contributed by atoms with Crippen LogP contribution in [0.5, 0.6) is 11.5 Å². The van der Waals surface area contributed by atoms with Crippen molar-refractivity contribution in [1.29, 1.82) is 0 Å². The molecule has 0 bridgehead atoms. The normalized spacial score (nSPS) is 27.6. The quantitative estimate of drug-likeness (QED) is 0.862. The Hall–Kier alpha value is -1.46. The minimum absolute atomic E-state index is 0.192. The van der Waals surface area contributed by atoms with Crippen molar-refractivity contribution in [2.24, 2.45) is 11.3 Å². The number of halogens is 1. The lowest BCUT2D eigenvalue weighted by Crippen LogP contribution is -2.48. The number of ether oxygens (including phenoxy) is 2. The minimum atomic E-state index is -0.192. The smallest absolute Gasteiger partial charge is 0.227 e. The molecular formula is C19H25ClN2O3. The van der Waals surface area contributed by atoms with Gasteiger partial charge in [0.1, 0.15) is 13.2 Å². The first-order chi connectivity index (χ1) is 12.2. The second kappa shape index (κ2) is 7.04. The van der Waals surface area contributed by atoms with E-state index in [1.54, 1.807) is 0 Å². The molecule has 0 aromatic heterocycles. The van der Waals surface area contributed by atoms with E-state index in [2.05, 4.69) is 10.6 Å². The SMILES string of the molecule is O=C(NCCc1cc(Cl)c2c(c1)OCCO2)[C@@]12CCCC[C@H]1CNC2. The number of carbonyl (C=O) groups is 1. The Bertz CT molecular complexity index is 666. The molecule has 4 rings (SSSR count). The third-order valence-electron chi connectivity index (χ3n) is 5.85. The van der Waals surface area contributed by atoms with Gasteiger partial charge in [0.2, 0.25) is 5.91 Å². The van der Waals surface area contributed by atoms with Crippen LogP contribution in [0, 0.1) is 11.3 Å². The van der Waals surface area contributed by atoms with Gasteiger partial charge in [0, 0.05) is 13.1 Å². The lowest BCUT2D eigenvalue weighted by molar-refractivity contribution is -0.133. The number of fused-ring (bicyclic) bond motifs is 2. The summed E-state index contributed by atoms with van der Waals surface area (Å²) in [6.07, 6.45) is 5.31. The van der Waals surface area contributed by atoms with E-state index < -0.39 is 0 Å². The predicted molar refractivity (Wildman–Crippen MR) is 96.4 cm³/mol. The van der Waals surface area contributed by atoms with Crippen molar-refractivity contribution in [2.45, 2.75) is 32.1 Å². The summed E-state index contributed by atoms with van der Waals surface area (Å²) >= 11 is 6.28. The van der Waals surface area contributed by atoms with E-state index in [4.69, 9.17) is 21.1 Å². The average molecular weight is 365 g/mol. The zero-order valence-corrected chi connectivity index (χ0v) is 15.2. The molecule has 1 amide bonds. The molecule has 2 N–H and O–H groups in total. The second-order valence-corrected chi connectivity index (χ2v) is 7.74. The first-order valence-corrected chi connectivity index (χ1v) is 9.64. The van der Waals surface area contributed by atoms with Crippen LogP contribution in [0.4, 0.5) is 0 Å². The number of amides is 1. The van der Waals surface area contributed by atoms with Crippen LogP contribution in [-0.4, -0.2) is 38.8 Å². The first kappa shape index (κ1) is 17.0. The molecule has 1 aromatic carbocycles. The standard InChI is InChI=1S/C19H25ClN2O3/c20-15-9-13(10-16-17(15)25-8-7-24-16)4-6-22-18(23)19-5-2-1-3-14(19)11-21-12-19/h9-10,14,21H,1-8,11-12H2,(H,22,23)/t14-,19+/m0/s1. The largest absolute Gasteiger partial charge is 0.486 e. The van der Waals surface area contributed by atoms with Crippen molar-refractivity contribution in [3.63, 3.8) is 0 Å². The average Bonchev–Trinajstić information content (AvgIpc) is 3.07. The Morgan fingerprint density at radius 2 is 2.20 bits per heavy atom. The van der Waals surface area contributed by atoms with E-state index >= 15 is 0 Å². The molecule has 136 valence electrons. The fraction of sp³-hybridized carbons (Fsp3) is 0.632. The molecule has 0 radical (unpaired) electrons. The summed E-state index contributed by atoms with van der Waals surface area (Å²) in [5.74, 6) is 2.03. The summed E-state index contributed by atoms with van der Waals surface area (Å²) in [6.45, 7) is 3.48. The Morgan fingerprint density at radius 3 is 3.12 bits per heavy atom. The van der Waals surface area contributed by atoms with Crippen molar-refractivity contribution >= 4 is 17.5 Å². The number of nitrogens with one attached hydrogen (secondary N) is 2. The number of hydrogen-bond donors (Lipinski definition) is 2. The molecule has 1 saturated carbocycles. The first-order valence-electron chi connectivity index (χ1n) is 9.26. The fourth-order valence-electron chi connectivity index (χ4n) is 4.50. The van der Waals surface area contributed by atoms with Crippen LogP contribution in [0.1, 0.15) is 31.2 Å². The van der Waals surface area contributed by atoms with Crippen LogP contribution in [0.2, 0.25) is 5.02 Å². The van der Waals surface area contributed by atoms with Crippen molar-refractivity contribution < 1.29 is 14.3 Å². The predicted octanol–water partition coefficient (Wildman–Crippen LogP) is 2.55. The van der Waals surface area contributed by atoms with E-state index in [9.17, 15) is 4.79 Å². The third-order valence-corrected chi connectivity index (χ3v) is 6.13. The van der Waals surface area contributed by atoms with Crippen LogP contribution in [-0.2, 0) is 11.2 Å². The molecule has 1 aromatic rings. The Kier molecular flexibility index (Phi) is 4.78. The second-order valence-electron chi connectivity index (χ2n) is 7.34. The number of rotatable bonds is 4. The van der Waals surface area contributed by atoms with Gasteiger partial charge >= 0.3 is 0 Å². The molecular weight excluding hydrogens is 340 g/mol. The van der Waals surface area contributed by atoms with E-state index in [-0.39, 0.29) is 11.3 Å². The molecule has 2 atom stereocenters. The van der Waals surface area contributed by atoms with Gasteiger partial charge in [0.15, 0.2) is 11.5 Å². The number of hydrogen-bond acceptors (Lipinski definition) is 4. The molecule has 3 aliphatic rings. The molecule has 6 heteroatoms. The van der Waals surface area contributed by atoms with Crippen molar-refractivity contribution in [2.75, 3.05) is 32.8 Å². The van der Waals surface area contributed by atoms with Gasteiger partial charge in [-0.05, 0) is 49.4 Å². The van der Waals surface area contributed by atoms with Gasteiger partial charge in [-0.25, -0.2) is 0 Å². The van der Waals surface area contributed by atoms with Crippen LogP contribution in [0.15, 0.2) is 12.1 Å². The van der Waals surface area contributed by atoms with E-state index in [1.807, 2.05) is 12.1 Å². The summed E-state index contributed by atoms with van der Waals surface area (Å²) in [6, 6.07) is 3.87. The maximum atomic E-state index is 12.9. The van der Waals surface area contributed by atoms with Crippen LogP contribution >= 0.6 is 11.6 Å². The Balaban J connectivity index is 1.38. The molecule has 2 aliphatic heterocycles. The van der Waals surface area contributed by atoms with Crippen LogP contribution < -0.4 is 20.1 Å². The summed E-state index contributed by atoms with van der Waals surface area (Å²) in [5.41, 5.74) is 0.861. The highest BCUT2D eigenvalue weighted by Crippen LogP contribution is 2.44. The van der Waals surface area contributed by atoms with Gasteiger partial charge in [0.05, 0.1) is 10.4 Å². The zero-order valence-electron chi connectivity index (χ0n) is 14.4. The fourth-order valence-corrected chi connectivity index (χ4v) is 4.78. The topological polar surface area (TPSA) is 59.6 Å². The van der Waals surface area contributed by atoms with Crippen molar-refractivity contribution in [3.05, 3.63) is 22.7 Å². The lowest BCUT2D eigenvalue weighted by atomic mass is 9.67. The highest BCUT2D eigenvalue weighted by atomic mass is 35.5. The third kappa shape index (κ3) is 3.20. The van der Waals surface area contributed by atoms with Gasteiger partial charge in [-0.3, -0.25) is 4.79 Å². The van der Waals surface area contributed by atoms with Gasteiger partial charge in [-0.2, -0.15) is 0 Å². The number of benzene rings is 1. The zero-order chi connectivity index (χ0) is 17.3. The van der Waals surface area contributed by atoms with Gasteiger partial charge < -0.3 is 20.1 Å². The van der Waals surface area contributed by atoms with Crippen LogP contribution in [0.25, 0.3) is 0 Å². The van der Waals surface area contributed by atoms with Gasteiger partial charge in [-0.15, -0.1) is 0 Å². The van der Waals surface area contributed by atoms with E-state index in [0.29, 0.717) is 42.2 Å². The Labute approximate surface area is 153 Å². The molecule has 25 heavy (non-hydrogen) atoms. The molecule has 5 nitrogen and oxygen atoms in total. The van der Waals surface area contributed by atoms with Crippen LogP contribution in [0.3, 0.4) is 0 Å². The molecule has 0 unspecified atom stereocenters. The highest BCUT2D eigenvalue weighted by molar-refractivity contribution is 6.32. The summed E-state index contributed by atoms with van der Waals surface area (Å²) < 4.78 is 11.2. The van der Waals surface area contributed by atoms with Crippen molar-refractivity contribution in [1.82, 2.24) is 10.6 Å². The number of carbonyl (C=O) groups excluding carboxylic acids is 1. The molecule has 1 saturated heterocycles. The monoisotopic (exact) mass is 364 g/mol. The highest BCUT2D eigenvalue weighted by Gasteiger charge is 2.49. The molecule has 2 fully saturated rings. The molecule has 2 heterocycles. The summed E-state index contributed by atoms with van der Waals surface area (Å²) in [4.78, 5) is 12.9. The van der Waals surface area contributed by atoms with Gasteiger partial charge in [0.25, 0.3) is 0 Å². The summed E-state index contributed by atoms with van der Waals surface area (Å²) in [5, 5.41) is 7.17. The Morgan fingerprint density at radius 1 is 1.32 bits per heavy atom. The van der Waals surface area contributed by atoms with E-state index in [0.717, 1.165) is 44.3 Å². The lowest BCUT2D eigenvalue weighted by Gasteiger charge is -2.37.